The van der Waals surface area contributed by atoms with E-state index in [4.69, 9.17) is 19.5 Å². The van der Waals surface area contributed by atoms with Crippen molar-refractivity contribution in [2.45, 2.75) is 0 Å². The molecule has 4 nitrogen and oxygen atoms in total. The number of aliphatic imine (C=N–C) groups is 2. The Morgan fingerprint density at radius 1 is 0.469 bits per heavy atom. The zero-order valence-corrected chi connectivity index (χ0v) is 18.1. The van der Waals surface area contributed by atoms with Gasteiger partial charge >= 0.3 is 0 Å². The fourth-order valence-corrected chi connectivity index (χ4v) is 3.48. The van der Waals surface area contributed by atoms with Crippen LogP contribution in [0.15, 0.2) is 119 Å². The lowest BCUT2D eigenvalue weighted by molar-refractivity contribution is 0.404. The molecule has 0 aliphatic rings. The van der Waals surface area contributed by atoms with Crippen LogP contribution in [0.1, 0.15) is 11.1 Å². The first kappa shape index (κ1) is 21.1. The molecule has 0 bridgehead atoms. The Hall–Kier alpha value is -4.18. The van der Waals surface area contributed by atoms with Gasteiger partial charge in [0.05, 0.1) is 25.6 Å². The van der Waals surface area contributed by atoms with Gasteiger partial charge in [-0.3, -0.25) is 0 Å². The van der Waals surface area contributed by atoms with Crippen molar-refractivity contribution in [3.63, 3.8) is 0 Å². The molecule has 0 aromatic heterocycles. The van der Waals surface area contributed by atoms with Crippen LogP contribution in [0.25, 0.3) is 11.1 Å². The van der Waals surface area contributed by atoms with Crippen LogP contribution in [0.2, 0.25) is 0 Å². The second kappa shape index (κ2) is 10.2. The summed E-state index contributed by atoms with van der Waals surface area (Å²) in [5.41, 5.74) is 5.41. The molecule has 0 fully saturated rings. The minimum absolute atomic E-state index is 0.542. The molecule has 158 valence electrons. The van der Waals surface area contributed by atoms with Crippen molar-refractivity contribution in [1.82, 2.24) is 0 Å². The molecule has 4 heteroatoms. The van der Waals surface area contributed by atoms with Gasteiger partial charge in [0.2, 0.25) is 11.8 Å². The number of rotatable bonds is 5. The molecule has 0 spiro atoms. The lowest BCUT2D eigenvalue weighted by atomic mass is 9.95. The normalized spacial score (nSPS) is 11.8. The van der Waals surface area contributed by atoms with Gasteiger partial charge < -0.3 is 9.47 Å². The third-order valence-electron chi connectivity index (χ3n) is 4.97. The summed E-state index contributed by atoms with van der Waals surface area (Å²) in [6, 6.07) is 35.7. The average molecular weight is 421 g/mol. The maximum absolute atomic E-state index is 5.71. The largest absolute Gasteiger partial charge is 0.481 e. The Labute approximate surface area is 188 Å². The summed E-state index contributed by atoms with van der Waals surface area (Å²) in [5.74, 6) is 1.08. The van der Waals surface area contributed by atoms with E-state index in [2.05, 4.69) is 12.1 Å². The molecular formula is C28H24N2O2. The number of nitrogens with zero attached hydrogens (tertiary/aromatic N) is 2. The summed E-state index contributed by atoms with van der Waals surface area (Å²) in [6.45, 7) is 0. The molecule has 4 rings (SSSR count). The fourth-order valence-electron chi connectivity index (χ4n) is 3.48. The summed E-state index contributed by atoms with van der Waals surface area (Å²) in [5, 5.41) is 0. The van der Waals surface area contributed by atoms with E-state index in [1.54, 1.807) is 14.2 Å². The van der Waals surface area contributed by atoms with E-state index in [1.807, 2.05) is 97.1 Å². The quantitative estimate of drug-likeness (QED) is 0.263. The monoisotopic (exact) mass is 420 g/mol. The van der Waals surface area contributed by atoms with Crippen LogP contribution >= 0.6 is 0 Å². The standard InChI is InChI=1S/C28H24N2O2/c1-31-27(29-21-13-5-3-6-14-21)25-19-11-9-17-23(25)24-18-10-12-20-26(24)28(32-2)30-22-15-7-4-8-16-22/h3-20H,1-2H3/b29-27+,30-28+. The van der Waals surface area contributed by atoms with Crippen LogP contribution < -0.4 is 0 Å². The van der Waals surface area contributed by atoms with Gasteiger partial charge in [-0.15, -0.1) is 0 Å². The van der Waals surface area contributed by atoms with Crippen molar-refractivity contribution >= 4 is 23.2 Å². The van der Waals surface area contributed by atoms with Crippen molar-refractivity contribution in [3.8, 4) is 11.1 Å². The van der Waals surface area contributed by atoms with Gasteiger partial charge in [-0.05, 0) is 47.5 Å². The highest BCUT2D eigenvalue weighted by Crippen LogP contribution is 2.30. The zero-order chi connectivity index (χ0) is 22.2. The zero-order valence-electron chi connectivity index (χ0n) is 18.1. The molecule has 32 heavy (non-hydrogen) atoms. The second-order valence-corrected chi connectivity index (χ2v) is 7.00. The molecule has 0 unspecified atom stereocenters. The maximum atomic E-state index is 5.71. The smallest absolute Gasteiger partial charge is 0.221 e. The molecule has 0 N–H and O–H groups in total. The second-order valence-electron chi connectivity index (χ2n) is 7.00. The number of benzene rings is 4. The molecule has 0 amide bonds. The Balaban J connectivity index is 1.85. The van der Waals surface area contributed by atoms with Gasteiger partial charge in [0.1, 0.15) is 0 Å². The Morgan fingerprint density at radius 3 is 1.19 bits per heavy atom. The number of ether oxygens (including phenoxy) is 2. The molecule has 0 heterocycles. The summed E-state index contributed by atoms with van der Waals surface area (Å²) in [7, 11) is 3.28. The molecule has 0 aliphatic heterocycles. The topological polar surface area (TPSA) is 43.2 Å². The van der Waals surface area contributed by atoms with E-state index in [-0.39, 0.29) is 0 Å². The van der Waals surface area contributed by atoms with E-state index >= 15 is 0 Å². The van der Waals surface area contributed by atoms with E-state index in [0.29, 0.717) is 11.8 Å². The average Bonchev–Trinajstić information content (AvgIpc) is 2.87. The lowest BCUT2D eigenvalue weighted by Gasteiger charge is -2.15. The number of methoxy groups -OCH3 is 2. The molecule has 0 radical (unpaired) electrons. The minimum Gasteiger partial charge on any atom is -0.481 e. The highest BCUT2D eigenvalue weighted by molar-refractivity contribution is 6.07. The van der Waals surface area contributed by atoms with Gasteiger partial charge in [-0.1, -0.05) is 72.8 Å². The van der Waals surface area contributed by atoms with Crippen LogP contribution in [0.4, 0.5) is 11.4 Å². The maximum Gasteiger partial charge on any atom is 0.221 e. The molecule has 0 saturated heterocycles. The van der Waals surface area contributed by atoms with E-state index < -0.39 is 0 Å². The Morgan fingerprint density at radius 2 is 0.812 bits per heavy atom. The van der Waals surface area contributed by atoms with Crippen molar-refractivity contribution in [3.05, 3.63) is 120 Å². The molecule has 4 aromatic rings. The summed E-state index contributed by atoms with van der Waals surface area (Å²) < 4.78 is 11.4. The van der Waals surface area contributed by atoms with Crippen molar-refractivity contribution < 1.29 is 9.47 Å². The van der Waals surface area contributed by atoms with E-state index in [9.17, 15) is 0 Å². The van der Waals surface area contributed by atoms with Gasteiger partial charge in [0, 0.05) is 11.1 Å². The molecule has 0 atom stereocenters. The van der Waals surface area contributed by atoms with Gasteiger partial charge in [-0.2, -0.15) is 0 Å². The van der Waals surface area contributed by atoms with Crippen LogP contribution in [0, 0.1) is 0 Å². The third kappa shape index (κ3) is 4.76. The predicted molar refractivity (Wildman–Crippen MR) is 131 cm³/mol. The third-order valence-corrected chi connectivity index (χ3v) is 4.97. The minimum atomic E-state index is 0.542. The highest BCUT2D eigenvalue weighted by Gasteiger charge is 2.17. The Bertz CT molecular complexity index is 1130. The fraction of sp³-hybridized carbons (Fsp3) is 0.0714. The number of hydrogen-bond acceptors (Lipinski definition) is 4. The van der Waals surface area contributed by atoms with Crippen molar-refractivity contribution in [2.75, 3.05) is 14.2 Å². The van der Waals surface area contributed by atoms with Crippen LogP contribution in [0.3, 0.4) is 0 Å². The summed E-state index contributed by atoms with van der Waals surface area (Å²) >= 11 is 0. The van der Waals surface area contributed by atoms with Crippen LogP contribution in [0.5, 0.6) is 0 Å². The van der Waals surface area contributed by atoms with Gasteiger partial charge in [0.15, 0.2) is 0 Å². The first-order valence-corrected chi connectivity index (χ1v) is 10.3. The highest BCUT2D eigenvalue weighted by atomic mass is 16.5. The summed E-state index contributed by atoms with van der Waals surface area (Å²) in [4.78, 5) is 9.46. The van der Waals surface area contributed by atoms with Gasteiger partial charge in [0.25, 0.3) is 0 Å². The summed E-state index contributed by atoms with van der Waals surface area (Å²) in [6.07, 6.45) is 0. The van der Waals surface area contributed by atoms with Crippen molar-refractivity contribution in [2.24, 2.45) is 9.98 Å². The molecular weight excluding hydrogens is 396 g/mol. The van der Waals surface area contributed by atoms with Crippen LogP contribution in [-0.4, -0.2) is 26.0 Å². The number of hydrogen-bond donors (Lipinski definition) is 0. The predicted octanol–water partition coefficient (Wildman–Crippen LogP) is 6.80. The van der Waals surface area contributed by atoms with Crippen molar-refractivity contribution in [1.29, 1.82) is 0 Å². The van der Waals surface area contributed by atoms with Gasteiger partial charge in [-0.25, -0.2) is 9.98 Å². The molecule has 0 saturated carbocycles. The van der Waals surface area contributed by atoms with E-state index in [1.165, 1.54) is 0 Å². The van der Waals surface area contributed by atoms with E-state index in [0.717, 1.165) is 33.6 Å². The molecule has 0 aliphatic carbocycles. The first-order valence-electron chi connectivity index (χ1n) is 10.3. The first-order chi connectivity index (χ1) is 15.8. The molecule has 4 aromatic carbocycles. The Kier molecular flexibility index (Phi) is 6.73. The lowest BCUT2D eigenvalue weighted by Crippen LogP contribution is -2.09. The number of para-hydroxylation sites is 2. The van der Waals surface area contributed by atoms with Crippen LogP contribution in [-0.2, 0) is 9.47 Å². The SMILES string of the molecule is CO/C(=N/c1ccccc1)c1ccccc1-c1ccccc1/C(=N\c1ccccc1)OC.